The third-order valence-electron chi connectivity index (χ3n) is 1.88. The third kappa shape index (κ3) is 3.93. The van der Waals surface area contributed by atoms with E-state index < -0.39 is 12.5 Å². The van der Waals surface area contributed by atoms with Crippen LogP contribution in [0.25, 0.3) is 0 Å². The zero-order chi connectivity index (χ0) is 12.3. The molecule has 0 unspecified atom stereocenters. The summed E-state index contributed by atoms with van der Waals surface area (Å²) in [7, 11) is 0. The lowest BCUT2D eigenvalue weighted by molar-refractivity contribution is -0.0233. The number of pyridine rings is 1. The molecule has 0 aromatic carbocycles. The van der Waals surface area contributed by atoms with Crippen LogP contribution in [0.4, 0.5) is 8.78 Å². The molecule has 2 nitrogen and oxygen atoms in total. The highest BCUT2D eigenvalue weighted by molar-refractivity contribution is 6.30. The molecule has 0 aliphatic heterocycles. The Labute approximate surface area is 98.6 Å². The number of ether oxygens (including phenoxy) is 1. The monoisotopic (exact) mass is 249 g/mol. The number of halogens is 3. The summed E-state index contributed by atoms with van der Waals surface area (Å²) in [4.78, 5) is 4.08. The molecule has 0 aliphatic carbocycles. The van der Waals surface area contributed by atoms with Crippen molar-refractivity contribution in [1.82, 2.24) is 4.98 Å². The van der Waals surface area contributed by atoms with E-state index >= 15 is 0 Å². The van der Waals surface area contributed by atoms with Gasteiger partial charge in [-0.1, -0.05) is 25.4 Å². The van der Waals surface area contributed by atoms with Gasteiger partial charge < -0.3 is 4.74 Å². The summed E-state index contributed by atoms with van der Waals surface area (Å²) in [6.45, 7) is 3.95. The van der Waals surface area contributed by atoms with Crippen LogP contribution >= 0.6 is 11.6 Å². The van der Waals surface area contributed by atoms with Crippen molar-refractivity contribution < 1.29 is 13.5 Å². The van der Waals surface area contributed by atoms with E-state index in [4.69, 9.17) is 16.3 Å². The van der Waals surface area contributed by atoms with Gasteiger partial charge in [-0.25, -0.2) is 8.78 Å². The Balaban J connectivity index is 2.88. The standard InChI is InChI=1S/C11H14ClF2NO/c1-7(2)10-9(4-8(12)5-15-10)16-6-11(3,13)14/h4-5,7H,6H2,1-3H3. The lowest BCUT2D eigenvalue weighted by Gasteiger charge is -2.16. The van der Waals surface area contributed by atoms with Gasteiger partial charge in [0.15, 0.2) is 6.61 Å². The van der Waals surface area contributed by atoms with Crippen LogP contribution in [0, 0.1) is 0 Å². The SMILES string of the molecule is CC(C)c1ncc(Cl)cc1OCC(C)(F)F. The molecule has 0 radical (unpaired) electrons. The maximum Gasteiger partial charge on any atom is 0.278 e. The number of hydrogen-bond acceptors (Lipinski definition) is 2. The van der Waals surface area contributed by atoms with Gasteiger partial charge in [0.1, 0.15) is 5.75 Å². The first kappa shape index (κ1) is 13.2. The molecule has 0 amide bonds. The van der Waals surface area contributed by atoms with Crippen LogP contribution in [0.2, 0.25) is 5.02 Å². The van der Waals surface area contributed by atoms with E-state index in [9.17, 15) is 8.78 Å². The Morgan fingerprint density at radius 2 is 2.12 bits per heavy atom. The molecule has 0 spiro atoms. The predicted octanol–water partition coefficient (Wildman–Crippen LogP) is 3.89. The van der Waals surface area contributed by atoms with Crippen molar-refractivity contribution >= 4 is 11.6 Å². The summed E-state index contributed by atoms with van der Waals surface area (Å²) in [5.74, 6) is -2.45. The van der Waals surface area contributed by atoms with E-state index in [1.807, 2.05) is 13.8 Å². The third-order valence-corrected chi connectivity index (χ3v) is 2.08. The number of aromatic nitrogens is 1. The van der Waals surface area contributed by atoms with Crippen molar-refractivity contribution in [3.63, 3.8) is 0 Å². The van der Waals surface area contributed by atoms with Crippen molar-refractivity contribution in [2.24, 2.45) is 0 Å². The van der Waals surface area contributed by atoms with Crippen LogP contribution in [0.1, 0.15) is 32.4 Å². The fourth-order valence-corrected chi connectivity index (χ4v) is 1.33. The second kappa shape index (κ2) is 4.95. The first-order valence-electron chi connectivity index (χ1n) is 4.95. The van der Waals surface area contributed by atoms with Gasteiger partial charge in [-0.3, -0.25) is 4.98 Å². The maximum atomic E-state index is 12.7. The molecule has 5 heteroatoms. The Morgan fingerprint density at radius 1 is 1.50 bits per heavy atom. The van der Waals surface area contributed by atoms with E-state index in [1.165, 1.54) is 12.3 Å². The highest BCUT2D eigenvalue weighted by atomic mass is 35.5. The minimum Gasteiger partial charge on any atom is -0.485 e. The minimum atomic E-state index is -2.86. The van der Waals surface area contributed by atoms with Gasteiger partial charge in [0.25, 0.3) is 5.92 Å². The van der Waals surface area contributed by atoms with E-state index in [1.54, 1.807) is 0 Å². The Morgan fingerprint density at radius 3 is 2.62 bits per heavy atom. The number of hydrogen-bond donors (Lipinski definition) is 0. The second-order valence-electron chi connectivity index (χ2n) is 4.05. The number of rotatable bonds is 4. The molecule has 1 rings (SSSR count). The molecular weight excluding hydrogens is 236 g/mol. The van der Waals surface area contributed by atoms with Crippen molar-refractivity contribution in [1.29, 1.82) is 0 Å². The molecule has 0 saturated heterocycles. The van der Waals surface area contributed by atoms with Gasteiger partial charge in [-0.05, 0) is 5.92 Å². The first-order valence-corrected chi connectivity index (χ1v) is 5.33. The summed E-state index contributed by atoms with van der Waals surface area (Å²) in [5.41, 5.74) is 0.633. The van der Waals surface area contributed by atoms with Crippen LogP contribution in [-0.2, 0) is 0 Å². The van der Waals surface area contributed by atoms with E-state index in [0.717, 1.165) is 6.92 Å². The van der Waals surface area contributed by atoms with Crippen molar-refractivity contribution in [2.45, 2.75) is 32.6 Å². The lowest BCUT2D eigenvalue weighted by atomic mass is 10.1. The molecule has 16 heavy (non-hydrogen) atoms. The summed E-state index contributed by atoms with van der Waals surface area (Å²) >= 11 is 5.74. The second-order valence-corrected chi connectivity index (χ2v) is 4.49. The largest absolute Gasteiger partial charge is 0.485 e. The zero-order valence-corrected chi connectivity index (χ0v) is 10.2. The van der Waals surface area contributed by atoms with Crippen molar-refractivity contribution in [2.75, 3.05) is 6.61 Å². The fraction of sp³-hybridized carbons (Fsp3) is 0.545. The van der Waals surface area contributed by atoms with Gasteiger partial charge in [-0.2, -0.15) is 0 Å². The van der Waals surface area contributed by atoms with E-state index in [0.29, 0.717) is 16.5 Å². The van der Waals surface area contributed by atoms with Gasteiger partial charge in [0.2, 0.25) is 0 Å². The molecule has 1 heterocycles. The molecule has 0 fully saturated rings. The maximum absolute atomic E-state index is 12.7. The quantitative estimate of drug-likeness (QED) is 0.808. The van der Waals surface area contributed by atoms with Crippen LogP contribution in [0.5, 0.6) is 5.75 Å². The molecule has 90 valence electrons. The Kier molecular flexibility index (Phi) is 4.08. The number of alkyl halides is 2. The molecule has 0 bridgehead atoms. The molecule has 0 atom stereocenters. The summed E-state index contributed by atoms with van der Waals surface area (Å²) in [6.07, 6.45) is 1.48. The predicted molar refractivity (Wildman–Crippen MR) is 59.5 cm³/mol. The van der Waals surface area contributed by atoms with Crippen LogP contribution in [0.15, 0.2) is 12.3 Å². The Bertz CT molecular complexity index is 363. The molecule has 0 saturated carbocycles. The summed E-state index contributed by atoms with van der Waals surface area (Å²) in [6, 6.07) is 1.51. The first-order chi connectivity index (χ1) is 7.29. The molecule has 0 aliphatic rings. The van der Waals surface area contributed by atoms with Crippen molar-refractivity contribution in [3.05, 3.63) is 23.0 Å². The van der Waals surface area contributed by atoms with Crippen molar-refractivity contribution in [3.8, 4) is 5.75 Å². The smallest absolute Gasteiger partial charge is 0.278 e. The normalized spacial score (nSPS) is 11.9. The van der Waals surface area contributed by atoms with Crippen LogP contribution in [0.3, 0.4) is 0 Å². The van der Waals surface area contributed by atoms with Crippen LogP contribution < -0.4 is 4.74 Å². The average molecular weight is 250 g/mol. The fourth-order valence-electron chi connectivity index (χ4n) is 1.18. The Hall–Kier alpha value is -0.900. The highest BCUT2D eigenvalue weighted by Gasteiger charge is 2.23. The number of nitrogens with zero attached hydrogens (tertiary/aromatic N) is 1. The van der Waals surface area contributed by atoms with Gasteiger partial charge in [0.05, 0.1) is 10.7 Å². The molecule has 0 N–H and O–H groups in total. The van der Waals surface area contributed by atoms with E-state index in [2.05, 4.69) is 4.98 Å². The highest BCUT2D eigenvalue weighted by Crippen LogP contribution is 2.28. The molecule has 1 aromatic heterocycles. The summed E-state index contributed by atoms with van der Waals surface area (Å²) < 4.78 is 30.4. The molecular formula is C11H14ClF2NO. The van der Waals surface area contributed by atoms with Gasteiger partial charge >= 0.3 is 0 Å². The van der Waals surface area contributed by atoms with Crippen LogP contribution in [-0.4, -0.2) is 17.5 Å². The van der Waals surface area contributed by atoms with Gasteiger partial charge in [0, 0.05) is 19.2 Å². The summed E-state index contributed by atoms with van der Waals surface area (Å²) in [5, 5.41) is 0.374. The molecule has 1 aromatic rings. The zero-order valence-electron chi connectivity index (χ0n) is 9.43. The average Bonchev–Trinajstić information content (AvgIpc) is 2.13. The van der Waals surface area contributed by atoms with E-state index in [-0.39, 0.29) is 5.92 Å². The van der Waals surface area contributed by atoms with Gasteiger partial charge in [-0.15, -0.1) is 0 Å². The minimum absolute atomic E-state index is 0.0951. The lowest BCUT2D eigenvalue weighted by Crippen LogP contribution is -2.21. The topological polar surface area (TPSA) is 22.1 Å².